The highest BCUT2D eigenvalue weighted by Gasteiger charge is 2.34. The number of carbonyl (C=O) groups excluding carboxylic acids is 7. The summed E-state index contributed by atoms with van der Waals surface area (Å²) in [5.41, 5.74) is 22.7. The number of hydrogen-bond donors (Lipinski definition) is 12. The lowest BCUT2D eigenvalue weighted by Crippen LogP contribution is -2.60. The number of nitrogens with zero attached hydrogens (tertiary/aromatic N) is 2. The van der Waals surface area contributed by atoms with Gasteiger partial charge in [0.25, 0.3) is 0 Å². The van der Waals surface area contributed by atoms with Crippen LogP contribution in [0.4, 0.5) is 0 Å². The lowest BCUT2D eigenvalue weighted by molar-refractivity contribution is -0.142. The molecule has 0 aliphatic rings. The van der Waals surface area contributed by atoms with Crippen molar-refractivity contribution in [2.24, 2.45) is 28.9 Å². The first-order valence-electron chi connectivity index (χ1n) is 17.7. The predicted molar refractivity (Wildman–Crippen MR) is 194 cm³/mol. The molecule has 0 aromatic carbocycles. The predicted octanol–water partition coefficient (Wildman–Crippen LogP) is -3.93. The Bertz CT molecular complexity index is 1580. The second kappa shape index (κ2) is 23.0. The molecule has 22 nitrogen and oxygen atoms in total. The standard InChI is InChI=1S/C33H53N13O9/c1-17(2)27(46-28(49)20(35)6-8-25(36)47)32(53)45-24(12-19-14-39-16-41-19)31(52)44-23(11-18-13-38-15-40-18)30(51)42-21(7-9-26(37)48)29(50)43-22(33(54)55)5-3-4-10-34/h13-17,20-24,27H,3-12,34-35H2,1-2H3,(H2,36,47)(H2,37,48)(H,38,40)(H,39,41)(H,42,51)(H,43,50)(H,44,52)(H,45,53)(H,46,49)(H,54,55)/t20-,21-,22-,23-,24-,27-/m0/s1. The molecular formula is C33H53N13O9. The fourth-order valence-electron chi connectivity index (χ4n) is 5.26. The Balaban J connectivity index is 2.36. The van der Waals surface area contributed by atoms with Crippen molar-refractivity contribution in [3.63, 3.8) is 0 Å². The van der Waals surface area contributed by atoms with Crippen LogP contribution in [0.25, 0.3) is 0 Å². The van der Waals surface area contributed by atoms with Crippen LogP contribution in [-0.4, -0.2) is 115 Å². The number of carboxylic acids is 1. The average Bonchev–Trinajstić information content (AvgIpc) is 3.84. The number of carbonyl (C=O) groups is 8. The molecule has 2 heterocycles. The van der Waals surface area contributed by atoms with E-state index in [9.17, 15) is 43.5 Å². The summed E-state index contributed by atoms with van der Waals surface area (Å²) in [7, 11) is 0. The van der Waals surface area contributed by atoms with E-state index >= 15 is 0 Å². The van der Waals surface area contributed by atoms with Gasteiger partial charge in [0.05, 0.1) is 18.7 Å². The first-order valence-corrected chi connectivity index (χ1v) is 17.7. The SMILES string of the molecule is CC(C)[C@H](NC(=O)[C@@H](N)CCC(N)=O)C(=O)N[C@@H](Cc1cnc[nH]1)C(=O)N[C@@H](Cc1cnc[nH]1)C(=O)N[C@@H](CCC(N)=O)C(=O)N[C@@H](CCCCN)C(=O)O. The van der Waals surface area contributed by atoms with Crippen LogP contribution in [0.3, 0.4) is 0 Å². The Kier molecular flexibility index (Phi) is 18.9. The number of unbranched alkanes of at least 4 members (excludes halogenated alkanes) is 1. The second-order valence-electron chi connectivity index (χ2n) is 13.3. The maximum atomic E-state index is 14.0. The molecule has 22 heteroatoms. The number of carboxylic acid groups (broad SMARTS) is 1. The van der Waals surface area contributed by atoms with E-state index in [1.807, 2.05) is 0 Å². The minimum absolute atomic E-state index is 0.0557. The van der Waals surface area contributed by atoms with Crippen LogP contribution in [0, 0.1) is 5.92 Å². The Morgan fingerprint density at radius 3 is 1.58 bits per heavy atom. The van der Waals surface area contributed by atoms with Gasteiger partial charge in [-0.3, -0.25) is 33.6 Å². The molecule has 16 N–H and O–H groups in total. The van der Waals surface area contributed by atoms with Crippen LogP contribution in [0.15, 0.2) is 25.0 Å². The van der Waals surface area contributed by atoms with Crippen LogP contribution < -0.4 is 49.5 Å². The Labute approximate surface area is 316 Å². The van der Waals surface area contributed by atoms with Crippen molar-refractivity contribution < 1.29 is 43.5 Å². The van der Waals surface area contributed by atoms with Gasteiger partial charge in [0.2, 0.25) is 41.4 Å². The third-order valence-corrected chi connectivity index (χ3v) is 8.38. The highest BCUT2D eigenvalue weighted by molar-refractivity contribution is 5.96. The van der Waals surface area contributed by atoms with E-state index in [1.54, 1.807) is 13.8 Å². The first-order chi connectivity index (χ1) is 26.0. The van der Waals surface area contributed by atoms with Crippen molar-refractivity contribution in [2.75, 3.05) is 6.54 Å². The van der Waals surface area contributed by atoms with Crippen LogP contribution in [0.1, 0.15) is 70.2 Å². The molecule has 2 aromatic rings. The van der Waals surface area contributed by atoms with Crippen LogP contribution in [0.2, 0.25) is 0 Å². The molecule has 0 saturated carbocycles. The normalized spacial score (nSPS) is 14.3. The zero-order valence-corrected chi connectivity index (χ0v) is 30.8. The molecule has 2 rings (SSSR count). The van der Waals surface area contributed by atoms with Gasteiger partial charge < -0.3 is 64.6 Å². The van der Waals surface area contributed by atoms with Crippen molar-refractivity contribution in [3.8, 4) is 0 Å². The molecule has 6 atom stereocenters. The number of aromatic amines is 2. The van der Waals surface area contributed by atoms with Crippen LogP contribution >= 0.6 is 0 Å². The summed E-state index contributed by atoms with van der Waals surface area (Å²) < 4.78 is 0. The number of primary amides is 2. The van der Waals surface area contributed by atoms with Crippen molar-refractivity contribution in [2.45, 2.75) is 108 Å². The number of aromatic nitrogens is 4. The second-order valence-corrected chi connectivity index (χ2v) is 13.3. The number of imidazole rings is 2. The van der Waals surface area contributed by atoms with Crippen molar-refractivity contribution >= 4 is 47.3 Å². The number of H-pyrrole nitrogens is 2. The van der Waals surface area contributed by atoms with Gasteiger partial charge in [0.1, 0.15) is 30.2 Å². The largest absolute Gasteiger partial charge is 0.480 e. The number of hydrogen-bond acceptors (Lipinski definition) is 12. The molecule has 0 fully saturated rings. The van der Waals surface area contributed by atoms with Crippen molar-refractivity contribution in [3.05, 3.63) is 36.4 Å². The highest BCUT2D eigenvalue weighted by Crippen LogP contribution is 2.09. The van der Waals surface area contributed by atoms with E-state index in [0.29, 0.717) is 30.8 Å². The van der Waals surface area contributed by atoms with E-state index in [2.05, 4.69) is 46.5 Å². The Morgan fingerprint density at radius 2 is 1.13 bits per heavy atom. The minimum atomic E-state index is -1.44. The quantitative estimate of drug-likeness (QED) is 0.0407. The summed E-state index contributed by atoms with van der Waals surface area (Å²) >= 11 is 0. The first kappa shape index (κ1) is 45.3. The number of nitrogens with one attached hydrogen (secondary N) is 7. The highest BCUT2D eigenvalue weighted by atomic mass is 16.4. The molecule has 2 aromatic heterocycles. The molecule has 7 amide bonds. The summed E-state index contributed by atoms with van der Waals surface area (Å²) in [6.45, 7) is 3.62. The smallest absolute Gasteiger partial charge is 0.326 e. The van der Waals surface area contributed by atoms with Gasteiger partial charge in [0.15, 0.2) is 0 Å². The summed E-state index contributed by atoms with van der Waals surface area (Å²) in [5, 5.41) is 22.3. The van der Waals surface area contributed by atoms with E-state index in [-0.39, 0.29) is 44.9 Å². The molecule has 55 heavy (non-hydrogen) atoms. The van der Waals surface area contributed by atoms with Crippen molar-refractivity contribution in [1.29, 1.82) is 0 Å². The average molecular weight is 776 g/mol. The number of nitrogens with two attached hydrogens (primary N) is 4. The molecule has 0 spiro atoms. The summed E-state index contributed by atoms with van der Waals surface area (Å²) in [5.74, 6) is -7.38. The molecule has 0 aliphatic heterocycles. The Hall–Kier alpha value is -5.90. The maximum Gasteiger partial charge on any atom is 0.326 e. The van der Waals surface area contributed by atoms with E-state index in [0.717, 1.165) is 0 Å². The van der Waals surface area contributed by atoms with Gasteiger partial charge >= 0.3 is 5.97 Å². The fraction of sp³-hybridized carbons (Fsp3) is 0.576. The zero-order valence-electron chi connectivity index (χ0n) is 30.8. The van der Waals surface area contributed by atoms with Gasteiger partial charge in [-0.2, -0.15) is 0 Å². The monoisotopic (exact) mass is 775 g/mol. The van der Waals surface area contributed by atoms with Crippen molar-refractivity contribution in [1.82, 2.24) is 46.5 Å². The molecule has 0 aliphatic carbocycles. The number of rotatable bonds is 26. The van der Waals surface area contributed by atoms with Gasteiger partial charge in [-0.25, -0.2) is 14.8 Å². The van der Waals surface area contributed by atoms with Crippen LogP contribution in [-0.2, 0) is 51.2 Å². The van der Waals surface area contributed by atoms with Crippen LogP contribution in [0.5, 0.6) is 0 Å². The van der Waals surface area contributed by atoms with Gasteiger partial charge in [-0.1, -0.05) is 13.8 Å². The molecule has 0 unspecified atom stereocenters. The molecular weight excluding hydrogens is 722 g/mol. The van der Waals surface area contributed by atoms with Gasteiger partial charge in [0, 0.05) is 49.5 Å². The molecule has 0 saturated heterocycles. The minimum Gasteiger partial charge on any atom is -0.480 e. The fourth-order valence-corrected chi connectivity index (χ4v) is 5.26. The van der Waals surface area contributed by atoms with E-state index in [4.69, 9.17) is 22.9 Å². The third kappa shape index (κ3) is 16.3. The lowest BCUT2D eigenvalue weighted by Gasteiger charge is -2.28. The maximum absolute atomic E-state index is 14.0. The third-order valence-electron chi connectivity index (χ3n) is 8.38. The Morgan fingerprint density at radius 1 is 0.655 bits per heavy atom. The summed E-state index contributed by atoms with van der Waals surface area (Å²) in [4.78, 5) is 116. The topological polar surface area (TPSA) is 378 Å². The van der Waals surface area contributed by atoms with Gasteiger partial charge in [-0.15, -0.1) is 0 Å². The van der Waals surface area contributed by atoms with Gasteiger partial charge in [-0.05, 0) is 44.6 Å². The van der Waals surface area contributed by atoms with E-state index < -0.39 is 89.5 Å². The van der Waals surface area contributed by atoms with E-state index in [1.165, 1.54) is 25.0 Å². The molecule has 0 radical (unpaired) electrons. The molecule has 304 valence electrons. The summed E-state index contributed by atoms with van der Waals surface area (Å²) in [6, 6.07) is -7.85. The molecule has 0 bridgehead atoms. The number of aliphatic carboxylic acids is 1. The number of amides is 7. The lowest BCUT2D eigenvalue weighted by atomic mass is 10.0. The zero-order chi connectivity index (χ0) is 41.1. The summed E-state index contributed by atoms with van der Waals surface area (Å²) in [6.07, 6.45) is 5.31.